The summed E-state index contributed by atoms with van der Waals surface area (Å²) in [6.07, 6.45) is 7.95. The molecule has 0 amide bonds. The topological polar surface area (TPSA) is 69.7 Å². The van der Waals surface area contributed by atoms with Gasteiger partial charge in [0, 0.05) is 31.3 Å². The van der Waals surface area contributed by atoms with Crippen molar-refractivity contribution in [2.75, 3.05) is 0 Å². The van der Waals surface area contributed by atoms with Crippen molar-refractivity contribution in [3.8, 4) is 0 Å². The number of fused-ring (bicyclic) bond motifs is 5. The number of esters is 2. The van der Waals surface area contributed by atoms with Gasteiger partial charge in [-0.15, -0.1) is 0 Å². The molecule has 3 fully saturated rings. The standard InChI is InChI=1S/C23H32O5/c1-13(24)27-15-7-9-22(3)18-8-10-23(4)17(5-6-21(23)28-14(2)25)16(18)12-20(26)19(22)11-15/h11,15-18,21H,5-10,12H2,1-4H3/t15?,16-,17-,18-,21?,22+,23-/m0/s1. The van der Waals surface area contributed by atoms with Crippen LogP contribution in [-0.4, -0.2) is 29.9 Å². The maximum atomic E-state index is 13.2. The number of carbonyl (C=O) groups is 3. The molecular weight excluding hydrogens is 356 g/mol. The summed E-state index contributed by atoms with van der Waals surface area (Å²) < 4.78 is 11.1. The first kappa shape index (κ1) is 19.7. The number of hydrogen-bond donors (Lipinski definition) is 0. The average molecular weight is 389 g/mol. The number of ether oxygens (including phenoxy) is 2. The van der Waals surface area contributed by atoms with Gasteiger partial charge in [-0.05, 0) is 67.8 Å². The summed E-state index contributed by atoms with van der Waals surface area (Å²) in [7, 11) is 0. The Kier molecular flexibility index (Phi) is 4.71. The lowest BCUT2D eigenvalue weighted by molar-refractivity contribution is -0.158. The average Bonchev–Trinajstić information content (AvgIpc) is 2.92. The fourth-order valence-corrected chi connectivity index (χ4v) is 7.17. The van der Waals surface area contributed by atoms with Crippen LogP contribution in [-0.2, 0) is 23.9 Å². The van der Waals surface area contributed by atoms with Crippen LogP contribution in [0, 0.1) is 28.6 Å². The molecule has 154 valence electrons. The van der Waals surface area contributed by atoms with Crippen molar-refractivity contribution in [3.63, 3.8) is 0 Å². The van der Waals surface area contributed by atoms with Crippen LogP contribution in [0.4, 0.5) is 0 Å². The summed E-state index contributed by atoms with van der Waals surface area (Å²) in [5.41, 5.74) is 0.751. The summed E-state index contributed by atoms with van der Waals surface area (Å²) >= 11 is 0. The number of carbonyl (C=O) groups excluding carboxylic acids is 3. The Balaban J connectivity index is 1.62. The third kappa shape index (κ3) is 2.93. The van der Waals surface area contributed by atoms with Gasteiger partial charge < -0.3 is 9.47 Å². The van der Waals surface area contributed by atoms with E-state index in [4.69, 9.17) is 9.47 Å². The van der Waals surface area contributed by atoms with E-state index in [2.05, 4.69) is 13.8 Å². The molecule has 4 rings (SSSR count). The molecule has 5 heteroatoms. The van der Waals surface area contributed by atoms with Crippen molar-refractivity contribution in [2.24, 2.45) is 28.6 Å². The molecular formula is C23H32O5. The van der Waals surface area contributed by atoms with Crippen LogP contribution in [0.5, 0.6) is 0 Å². The lowest BCUT2D eigenvalue weighted by Crippen LogP contribution is -2.54. The van der Waals surface area contributed by atoms with E-state index < -0.39 is 0 Å². The van der Waals surface area contributed by atoms with Gasteiger partial charge in [0.15, 0.2) is 5.78 Å². The molecule has 0 spiro atoms. The minimum absolute atomic E-state index is 0.0142. The van der Waals surface area contributed by atoms with Crippen LogP contribution >= 0.6 is 0 Å². The Morgan fingerprint density at radius 1 is 0.964 bits per heavy atom. The third-order valence-corrected chi connectivity index (χ3v) is 8.43. The monoisotopic (exact) mass is 388 g/mol. The fraction of sp³-hybridized carbons (Fsp3) is 0.783. The first-order valence-electron chi connectivity index (χ1n) is 10.7. The molecule has 28 heavy (non-hydrogen) atoms. The second-order valence-corrected chi connectivity index (χ2v) is 9.91. The van der Waals surface area contributed by atoms with Gasteiger partial charge in [-0.1, -0.05) is 13.8 Å². The van der Waals surface area contributed by atoms with E-state index in [0.717, 1.165) is 44.1 Å². The molecule has 0 saturated heterocycles. The molecule has 0 aromatic carbocycles. The van der Waals surface area contributed by atoms with Gasteiger partial charge in [0.25, 0.3) is 0 Å². The number of hydrogen-bond acceptors (Lipinski definition) is 5. The van der Waals surface area contributed by atoms with Crippen LogP contribution < -0.4 is 0 Å². The van der Waals surface area contributed by atoms with Gasteiger partial charge in [-0.3, -0.25) is 14.4 Å². The Bertz CT molecular complexity index is 739. The lowest BCUT2D eigenvalue weighted by atomic mass is 9.47. The summed E-state index contributed by atoms with van der Waals surface area (Å²) in [6.45, 7) is 7.43. The van der Waals surface area contributed by atoms with E-state index in [9.17, 15) is 14.4 Å². The number of Topliss-reactive ketones (excluding diaryl/α,β-unsaturated/α-hetero) is 1. The molecule has 2 unspecified atom stereocenters. The predicted octanol–water partition coefficient (Wildman–Crippen LogP) is 3.99. The molecule has 0 aromatic heterocycles. The first-order chi connectivity index (χ1) is 13.1. The van der Waals surface area contributed by atoms with Gasteiger partial charge in [-0.25, -0.2) is 0 Å². The van der Waals surface area contributed by atoms with E-state index in [1.807, 2.05) is 6.08 Å². The summed E-state index contributed by atoms with van der Waals surface area (Å²) in [5, 5.41) is 0. The number of rotatable bonds is 2. The smallest absolute Gasteiger partial charge is 0.303 e. The van der Waals surface area contributed by atoms with Crippen molar-refractivity contribution >= 4 is 17.7 Å². The highest BCUT2D eigenvalue weighted by molar-refractivity contribution is 5.98. The molecule has 0 radical (unpaired) electrons. The summed E-state index contributed by atoms with van der Waals surface area (Å²) in [4.78, 5) is 36.1. The summed E-state index contributed by atoms with van der Waals surface area (Å²) in [5.74, 6) is 1.00. The van der Waals surface area contributed by atoms with Crippen LogP contribution in [0.2, 0.25) is 0 Å². The van der Waals surface area contributed by atoms with Crippen LogP contribution in [0.1, 0.15) is 72.6 Å². The highest BCUT2D eigenvalue weighted by Crippen LogP contribution is 2.65. The molecule has 0 aliphatic heterocycles. The van der Waals surface area contributed by atoms with E-state index >= 15 is 0 Å². The van der Waals surface area contributed by atoms with E-state index in [1.54, 1.807) is 0 Å². The minimum Gasteiger partial charge on any atom is -0.462 e. The number of ketones is 1. The minimum atomic E-state index is -0.289. The highest BCUT2D eigenvalue weighted by atomic mass is 16.5. The molecule has 4 aliphatic carbocycles. The van der Waals surface area contributed by atoms with Crippen molar-refractivity contribution < 1.29 is 23.9 Å². The third-order valence-electron chi connectivity index (χ3n) is 8.43. The van der Waals surface area contributed by atoms with Gasteiger partial charge in [-0.2, -0.15) is 0 Å². The molecule has 5 nitrogen and oxygen atoms in total. The molecule has 0 bridgehead atoms. The maximum Gasteiger partial charge on any atom is 0.303 e. The predicted molar refractivity (Wildman–Crippen MR) is 103 cm³/mol. The Hall–Kier alpha value is -1.65. The van der Waals surface area contributed by atoms with Crippen LogP contribution in [0.15, 0.2) is 11.6 Å². The molecule has 0 heterocycles. The molecule has 4 aliphatic rings. The largest absolute Gasteiger partial charge is 0.462 e. The second-order valence-electron chi connectivity index (χ2n) is 9.91. The van der Waals surface area contributed by atoms with Crippen molar-refractivity contribution in [1.29, 1.82) is 0 Å². The molecule has 7 atom stereocenters. The summed E-state index contributed by atoms with van der Waals surface area (Å²) in [6, 6.07) is 0. The normalized spacial score (nSPS) is 44.6. The van der Waals surface area contributed by atoms with Gasteiger partial charge in [0.05, 0.1) is 0 Å². The zero-order valence-electron chi connectivity index (χ0n) is 17.5. The zero-order valence-corrected chi connectivity index (χ0v) is 17.5. The Morgan fingerprint density at radius 3 is 2.36 bits per heavy atom. The van der Waals surface area contributed by atoms with Crippen molar-refractivity contribution in [3.05, 3.63) is 11.6 Å². The highest BCUT2D eigenvalue weighted by Gasteiger charge is 2.61. The van der Waals surface area contributed by atoms with E-state index in [-0.39, 0.29) is 40.8 Å². The Labute approximate surface area is 167 Å². The zero-order chi connectivity index (χ0) is 20.3. The first-order valence-corrected chi connectivity index (χ1v) is 10.7. The quantitative estimate of drug-likeness (QED) is 0.669. The van der Waals surface area contributed by atoms with Crippen LogP contribution in [0.25, 0.3) is 0 Å². The second kappa shape index (κ2) is 6.70. The van der Waals surface area contributed by atoms with Gasteiger partial charge in [0.2, 0.25) is 0 Å². The maximum absolute atomic E-state index is 13.2. The van der Waals surface area contributed by atoms with Crippen molar-refractivity contribution in [2.45, 2.75) is 84.8 Å². The lowest BCUT2D eigenvalue weighted by Gasteiger charge is -2.57. The van der Waals surface area contributed by atoms with Crippen molar-refractivity contribution in [1.82, 2.24) is 0 Å². The van der Waals surface area contributed by atoms with E-state index in [0.29, 0.717) is 24.2 Å². The molecule has 0 aromatic rings. The molecule has 0 N–H and O–H groups in total. The van der Waals surface area contributed by atoms with Crippen LogP contribution in [0.3, 0.4) is 0 Å². The SMILES string of the molecule is CC(=O)OC1C=C2C(=O)C[C@@H]3[C@H](CC[C@]4(C)C(OC(C)=O)CC[C@@H]34)[C@@]2(C)CC1. The molecule has 3 saturated carbocycles. The van der Waals surface area contributed by atoms with E-state index in [1.165, 1.54) is 13.8 Å². The van der Waals surface area contributed by atoms with Gasteiger partial charge >= 0.3 is 11.9 Å². The Morgan fingerprint density at radius 2 is 1.68 bits per heavy atom. The fourth-order valence-electron chi connectivity index (χ4n) is 7.17. The number of allylic oxidation sites excluding steroid dienone is 1. The van der Waals surface area contributed by atoms with Gasteiger partial charge in [0.1, 0.15) is 12.2 Å².